The quantitative estimate of drug-likeness (QED) is 0.904. The van der Waals surface area contributed by atoms with Gasteiger partial charge in [-0.1, -0.05) is 0 Å². The highest BCUT2D eigenvalue weighted by molar-refractivity contribution is 7.08. The average molecular weight is 248 g/mol. The fraction of sp³-hybridized carbons (Fsp3) is 0.385. The van der Waals surface area contributed by atoms with E-state index < -0.39 is 0 Å². The number of aromatic amines is 1. The molecule has 1 N–H and O–H groups in total. The summed E-state index contributed by atoms with van der Waals surface area (Å²) < 4.78 is 5.61. The van der Waals surface area contributed by atoms with Crippen LogP contribution in [0.25, 0.3) is 0 Å². The van der Waals surface area contributed by atoms with Gasteiger partial charge >= 0.3 is 0 Å². The summed E-state index contributed by atoms with van der Waals surface area (Å²) in [7, 11) is 0. The van der Waals surface area contributed by atoms with E-state index in [0.29, 0.717) is 6.04 Å². The number of rotatable bonds is 3. The maximum atomic E-state index is 5.61. The van der Waals surface area contributed by atoms with Gasteiger partial charge in [0, 0.05) is 30.0 Å². The van der Waals surface area contributed by atoms with Crippen molar-refractivity contribution in [1.29, 1.82) is 0 Å². The maximum absolute atomic E-state index is 5.61. The molecule has 1 aliphatic heterocycles. The Labute approximate surface area is 105 Å². The Bertz CT molecular complexity index is 438. The zero-order valence-electron chi connectivity index (χ0n) is 9.63. The first-order chi connectivity index (χ1) is 8.43. The zero-order chi connectivity index (χ0) is 11.5. The molecular formula is C13H16N2OS. The third-order valence-electron chi connectivity index (χ3n) is 3.20. The fourth-order valence-corrected chi connectivity index (χ4v) is 2.99. The molecule has 2 aromatic heterocycles. The molecule has 1 unspecified atom stereocenters. The molecule has 1 aliphatic rings. The maximum Gasteiger partial charge on any atom is 0.0674 e. The lowest BCUT2D eigenvalue weighted by Crippen LogP contribution is -2.46. The third kappa shape index (κ3) is 2.37. The minimum absolute atomic E-state index is 0.453. The van der Waals surface area contributed by atoms with Gasteiger partial charge in [-0.2, -0.15) is 11.3 Å². The van der Waals surface area contributed by atoms with Crippen LogP contribution in [0.15, 0.2) is 35.3 Å². The Morgan fingerprint density at radius 2 is 2.47 bits per heavy atom. The molecule has 2 aromatic rings. The summed E-state index contributed by atoms with van der Waals surface area (Å²) in [5.41, 5.74) is 2.68. The number of thiophene rings is 1. The molecular weight excluding hydrogens is 232 g/mol. The Kier molecular flexibility index (Phi) is 3.16. The Hall–Kier alpha value is -1.26. The highest BCUT2D eigenvalue weighted by Crippen LogP contribution is 2.24. The van der Waals surface area contributed by atoms with Crippen LogP contribution in [0.5, 0.6) is 0 Å². The molecule has 0 saturated carbocycles. The lowest BCUT2D eigenvalue weighted by molar-refractivity contribution is 0.0941. The predicted molar refractivity (Wildman–Crippen MR) is 70.8 cm³/mol. The first-order valence-electron chi connectivity index (χ1n) is 5.92. The van der Waals surface area contributed by atoms with E-state index in [4.69, 9.17) is 4.74 Å². The molecule has 0 bridgehead atoms. The Morgan fingerprint density at radius 1 is 1.47 bits per heavy atom. The smallest absolute Gasteiger partial charge is 0.0674 e. The van der Waals surface area contributed by atoms with E-state index in [1.807, 2.05) is 6.20 Å². The summed E-state index contributed by atoms with van der Waals surface area (Å²) in [5.74, 6) is 0. The standard InChI is InChI=1S/C13H16N2OS/c1-3-14-8-11(1)7-13-9-16-5-4-15(13)12-2-6-17-10-12/h1-3,6,8,10,13-14H,4-5,7,9H2. The van der Waals surface area contributed by atoms with Gasteiger partial charge in [-0.05, 0) is 29.5 Å². The molecule has 0 aliphatic carbocycles. The van der Waals surface area contributed by atoms with Crippen molar-refractivity contribution in [1.82, 2.24) is 4.98 Å². The SMILES string of the molecule is c1cc(CC2COCCN2c2ccsc2)c[nH]1. The van der Waals surface area contributed by atoms with E-state index in [0.717, 1.165) is 26.2 Å². The molecule has 1 atom stereocenters. The van der Waals surface area contributed by atoms with E-state index in [2.05, 4.69) is 39.0 Å². The van der Waals surface area contributed by atoms with Crippen LogP contribution in [0.2, 0.25) is 0 Å². The van der Waals surface area contributed by atoms with Gasteiger partial charge < -0.3 is 14.6 Å². The summed E-state index contributed by atoms with van der Waals surface area (Å²) in [5, 5.41) is 4.35. The number of hydrogen-bond donors (Lipinski definition) is 1. The molecule has 0 aromatic carbocycles. The normalized spacial score (nSPS) is 20.7. The predicted octanol–water partition coefficient (Wildman–Crippen LogP) is 2.52. The number of hydrogen-bond acceptors (Lipinski definition) is 3. The van der Waals surface area contributed by atoms with Gasteiger partial charge in [0.1, 0.15) is 0 Å². The Morgan fingerprint density at radius 3 is 3.24 bits per heavy atom. The second-order valence-corrected chi connectivity index (χ2v) is 5.11. The lowest BCUT2D eigenvalue weighted by Gasteiger charge is -2.36. The van der Waals surface area contributed by atoms with Crippen LogP contribution in [0.1, 0.15) is 5.56 Å². The van der Waals surface area contributed by atoms with E-state index >= 15 is 0 Å². The summed E-state index contributed by atoms with van der Waals surface area (Å²) in [6.07, 6.45) is 5.09. The largest absolute Gasteiger partial charge is 0.377 e. The van der Waals surface area contributed by atoms with Crippen LogP contribution in [-0.2, 0) is 11.2 Å². The molecule has 0 amide bonds. The molecule has 3 rings (SSSR count). The van der Waals surface area contributed by atoms with Gasteiger partial charge in [-0.25, -0.2) is 0 Å². The molecule has 0 radical (unpaired) electrons. The van der Waals surface area contributed by atoms with Crippen molar-refractivity contribution in [3.8, 4) is 0 Å². The summed E-state index contributed by atoms with van der Waals surface area (Å²) in [6.45, 7) is 2.65. The first kappa shape index (κ1) is 10.9. The monoisotopic (exact) mass is 248 g/mol. The fourth-order valence-electron chi connectivity index (χ4n) is 2.34. The van der Waals surface area contributed by atoms with Crippen molar-refractivity contribution < 1.29 is 4.74 Å². The van der Waals surface area contributed by atoms with Crippen LogP contribution in [-0.4, -0.2) is 30.8 Å². The molecule has 17 heavy (non-hydrogen) atoms. The van der Waals surface area contributed by atoms with Crippen molar-refractivity contribution in [2.24, 2.45) is 0 Å². The number of H-pyrrole nitrogens is 1. The number of nitrogens with zero attached hydrogens (tertiary/aromatic N) is 1. The van der Waals surface area contributed by atoms with Crippen molar-refractivity contribution in [3.63, 3.8) is 0 Å². The molecule has 0 spiro atoms. The molecule has 1 fully saturated rings. The topological polar surface area (TPSA) is 28.3 Å². The second-order valence-electron chi connectivity index (χ2n) is 4.33. The number of anilines is 1. The van der Waals surface area contributed by atoms with E-state index in [-0.39, 0.29) is 0 Å². The van der Waals surface area contributed by atoms with Crippen LogP contribution in [0, 0.1) is 0 Å². The van der Waals surface area contributed by atoms with E-state index in [1.54, 1.807) is 11.3 Å². The average Bonchev–Trinajstić information content (AvgIpc) is 3.01. The van der Waals surface area contributed by atoms with Gasteiger partial charge in [0.2, 0.25) is 0 Å². The van der Waals surface area contributed by atoms with E-state index in [1.165, 1.54) is 11.3 Å². The van der Waals surface area contributed by atoms with Gasteiger partial charge in [-0.3, -0.25) is 0 Å². The summed E-state index contributed by atoms with van der Waals surface area (Å²) in [6, 6.07) is 4.79. The van der Waals surface area contributed by atoms with Crippen molar-refractivity contribution in [3.05, 3.63) is 40.8 Å². The van der Waals surface area contributed by atoms with Crippen LogP contribution in [0.4, 0.5) is 5.69 Å². The molecule has 1 saturated heterocycles. The summed E-state index contributed by atoms with van der Waals surface area (Å²) >= 11 is 1.75. The Balaban J connectivity index is 1.76. The number of morpholine rings is 1. The molecule has 3 nitrogen and oxygen atoms in total. The van der Waals surface area contributed by atoms with Crippen molar-refractivity contribution in [2.75, 3.05) is 24.7 Å². The van der Waals surface area contributed by atoms with Gasteiger partial charge in [-0.15, -0.1) is 0 Å². The van der Waals surface area contributed by atoms with Crippen LogP contribution >= 0.6 is 11.3 Å². The molecule has 90 valence electrons. The van der Waals surface area contributed by atoms with Crippen LogP contribution in [0.3, 0.4) is 0 Å². The minimum atomic E-state index is 0.453. The van der Waals surface area contributed by atoms with Gasteiger partial charge in [0.15, 0.2) is 0 Å². The van der Waals surface area contributed by atoms with Gasteiger partial charge in [0.05, 0.1) is 19.3 Å². The number of aromatic nitrogens is 1. The lowest BCUT2D eigenvalue weighted by atomic mass is 10.1. The van der Waals surface area contributed by atoms with E-state index in [9.17, 15) is 0 Å². The van der Waals surface area contributed by atoms with Crippen LogP contribution < -0.4 is 4.90 Å². The second kappa shape index (κ2) is 4.94. The third-order valence-corrected chi connectivity index (χ3v) is 3.87. The number of nitrogens with one attached hydrogen (secondary N) is 1. The first-order valence-corrected chi connectivity index (χ1v) is 6.86. The summed E-state index contributed by atoms with van der Waals surface area (Å²) in [4.78, 5) is 5.58. The highest BCUT2D eigenvalue weighted by atomic mass is 32.1. The highest BCUT2D eigenvalue weighted by Gasteiger charge is 2.23. The number of ether oxygens (including phenoxy) is 1. The molecule has 3 heterocycles. The molecule has 4 heteroatoms. The van der Waals surface area contributed by atoms with Gasteiger partial charge in [0.25, 0.3) is 0 Å². The zero-order valence-corrected chi connectivity index (χ0v) is 10.5. The van der Waals surface area contributed by atoms with Crippen molar-refractivity contribution >= 4 is 17.0 Å². The van der Waals surface area contributed by atoms with Crippen molar-refractivity contribution in [2.45, 2.75) is 12.5 Å². The minimum Gasteiger partial charge on any atom is -0.377 e.